The van der Waals surface area contributed by atoms with E-state index in [1.165, 1.54) is 18.2 Å². The Kier molecular flexibility index (Phi) is 6.66. The standard InChI is InChI=1S/C37H18F6N4/c1-19-7-9-20(10-8-19)28-30-24-5-3-4-6-26(24)35(47-45-2)33(30)29(21-11-13-22(14-12-21)36(38,39)40)31-25-16-15-23(37(41,42)43)17-27(25)34(32(28)31)46-18-44/h3-17H,1H3/b46-34?,47-35+. The first-order valence-electron chi connectivity index (χ1n) is 14.2. The van der Waals surface area contributed by atoms with Crippen LogP contribution in [0, 0.1) is 25.0 Å². The highest BCUT2D eigenvalue weighted by molar-refractivity contribution is 6.34. The Morgan fingerprint density at radius 3 is 1.68 bits per heavy atom. The molecule has 228 valence electrons. The van der Waals surface area contributed by atoms with Gasteiger partial charge >= 0.3 is 12.4 Å². The second-order valence-electron chi connectivity index (χ2n) is 11.1. The largest absolute Gasteiger partial charge is 0.416 e. The summed E-state index contributed by atoms with van der Waals surface area (Å²) in [5.41, 5.74) is 1.00. The minimum absolute atomic E-state index is 0.00295. The maximum atomic E-state index is 14.0. The Bertz CT molecular complexity index is 2610. The van der Waals surface area contributed by atoms with Crippen molar-refractivity contribution in [3.8, 4) is 28.4 Å². The van der Waals surface area contributed by atoms with Crippen LogP contribution in [0.4, 0.5) is 26.3 Å². The normalized spacial score (nSPS) is 13.2. The van der Waals surface area contributed by atoms with E-state index in [9.17, 15) is 31.6 Å². The molecular weight excluding hydrogens is 614 g/mol. The van der Waals surface area contributed by atoms with Gasteiger partial charge in [0.05, 0.1) is 21.6 Å². The quantitative estimate of drug-likeness (QED) is 0.0810. The number of fused-ring (bicyclic) bond motifs is 6. The average molecular weight is 633 g/mol. The first-order chi connectivity index (χ1) is 22.4. The minimum atomic E-state index is -4.70. The van der Waals surface area contributed by atoms with Gasteiger partial charge in [0.2, 0.25) is 6.19 Å². The zero-order valence-corrected chi connectivity index (χ0v) is 24.2. The molecule has 7 aromatic carbocycles. The minimum Gasteiger partial charge on any atom is -0.181 e. The molecule has 0 saturated carbocycles. The van der Waals surface area contributed by atoms with Crippen molar-refractivity contribution < 1.29 is 26.3 Å². The Labute approximate surface area is 262 Å². The molecule has 7 aromatic rings. The Morgan fingerprint density at radius 1 is 0.617 bits per heavy atom. The summed E-state index contributed by atoms with van der Waals surface area (Å²) in [6, 6.07) is 22.2. The van der Waals surface area contributed by atoms with Crippen LogP contribution in [0.25, 0.3) is 70.3 Å². The molecule has 0 bridgehead atoms. The van der Waals surface area contributed by atoms with Crippen LogP contribution in [0.5, 0.6) is 0 Å². The van der Waals surface area contributed by atoms with E-state index in [1.807, 2.05) is 37.3 Å². The monoisotopic (exact) mass is 632 g/mol. The Morgan fingerprint density at radius 2 is 1.13 bits per heavy atom. The number of benzene rings is 5. The number of alkyl halides is 6. The van der Waals surface area contributed by atoms with Gasteiger partial charge in [-0.05, 0) is 53.1 Å². The van der Waals surface area contributed by atoms with Gasteiger partial charge in [-0.1, -0.05) is 72.3 Å². The van der Waals surface area contributed by atoms with E-state index in [1.54, 1.807) is 24.4 Å². The van der Waals surface area contributed by atoms with Crippen LogP contribution in [0.2, 0.25) is 0 Å². The molecule has 0 saturated heterocycles. The van der Waals surface area contributed by atoms with Crippen molar-refractivity contribution in [3.05, 3.63) is 130 Å². The molecule has 0 spiro atoms. The fourth-order valence-electron chi connectivity index (χ4n) is 6.52. The van der Waals surface area contributed by atoms with Crippen LogP contribution in [0.15, 0.2) is 101 Å². The van der Waals surface area contributed by atoms with E-state index in [0.29, 0.717) is 60.0 Å². The molecule has 7 rings (SSSR count). The fourth-order valence-corrected chi connectivity index (χ4v) is 6.52. The molecule has 10 heteroatoms. The Hall–Kier alpha value is -6.00. The molecule has 0 aromatic heterocycles. The third-order valence-corrected chi connectivity index (χ3v) is 8.45. The predicted octanol–water partition coefficient (Wildman–Crippen LogP) is 9.97. The lowest BCUT2D eigenvalue weighted by Crippen LogP contribution is -2.06. The van der Waals surface area contributed by atoms with Crippen molar-refractivity contribution in [2.45, 2.75) is 19.3 Å². The van der Waals surface area contributed by atoms with Crippen molar-refractivity contribution >= 4 is 43.1 Å². The maximum Gasteiger partial charge on any atom is 0.416 e. The topological polar surface area (TPSA) is 52.9 Å². The highest BCUT2D eigenvalue weighted by Gasteiger charge is 2.33. The van der Waals surface area contributed by atoms with Crippen molar-refractivity contribution in [3.63, 3.8) is 0 Å². The zero-order chi connectivity index (χ0) is 33.2. The van der Waals surface area contributed by atoms with Crippen molar-refractivity contribution in [1.29, 1.82) is 5.26 Å². The molecule has 0 aliphatic heterocycles. The van der Waals surface area contributed by atoms with Gasteiger partial charge in [0.1, 0.15) is 0 Å². The van der Waals surface area contributed by atoms with Crippen LogP contribution in [-0.2, 0) is 12.4 Å². The highest BCUT2D eigenvalue weighted by Crippen LogP contribution is 2.48. The van der Waals surface area contributed by atoms with Gasteiger partial charge in [0.15, 0.2) is 5.36 Å². The lowest BCUT2D eigenvalue weighted by atomic mass is 9.87. The smallest absolute Gasteiger partial charge is 0.181 e. The van der Waals surface area contributed by atoms with Gasteiger partial charge < -0.3 is 0 Å². The van der Waals surface area contributed by atoms with Gasteiger partial charge in [-0.25, -0.2) is 0 Å². The first kappa shape index (κ1) is 29.7. The number of hydrogen-bond donors (Lipinski definition) is 0. The van der Waals surface area contributed by atoms with E-state index < -0.39 is 23.5 Å². The van der Waals surface area contributed by atoms with E-state index in [-0.39, 0.29) is 16.1 Å². The summed E-state index contributed by atoms with van der Waals surface area (Å²) < 4.78 is 83.0. The van der Waals surface area contributed by atoms with Crippen LogP contribution in [-0.4, -0.2) is 0 Å². The van der Waals surface area contributed by atoms with Crippen LogP contribution < -0.4 is 10.7 Å². The summed E-state index contributed by atoms with van der Waals surface area (Å²) >= 11 is 0. The second kappa shape index (κ2) is 10.5. The summed E-state index contributed by atoms with van der Waals surface area (Å²) in [7, 11) is 0. The molecule has 4 nitrogen and oxygen atoms in total. The molecule has 0 amide bonds. The SMILES string of the molecule is [C-]#[N+]/N=c1\c2ccccc2c2c(-c3ccc(C)cc3)c3c(=NC#N)c4cc(C(F)(F)F)ccc4c3c(-c3ccc(C(F)(F)F)cc3)c12. The van der Waals surface area contributed by atoms with E-state index in [0.717, 1.165) is 29.8 Å². The first-order valence-corrected chi connectivity index (χ1v) is 14.2. The van der Waals surface area contributed by atoms with E-state index >= 15 is 0 Å². The van der Waals surface area contributed by atoms with Crippen LogP contribution in [0.1, 0.15) is 16.7 Å². The predicted molar refractivity (Wildman–Crippen MR) is 168 cm³/mol. The molecule has 47 heavy (non-hydrogen) atoms. The third-order valence-electron chi connectivity index (χ3n) is 8.45. The van der Waals surface area contributed by atoms with Crippen LogP contribution in [0.3, 0.4) is 0 Å². The van der Waals surface area contributed by atoms with Crippen LogP contribution >= 0.6 is 0 Å². The average Bonchev–Trinajstić information content (AvgIpc) is 3.53. The van der Waals surface area contributed by atoms with Gasteiger partial charge in [-0.3, -0.25) is 0 Å². The molecule has 0 N–H and O–H groups in total. The summed E-state index contributed by atoms with van der Waals surface area (Å²) in [5, 5.41) is 17.7. The zero-order valence-electron chi connectivity index (χ0n) is 24.2. The third kappa shape index (κ3) is 4.60. The van der Waals surface area contributed by atoms with Gasteiger partial charge in [0, 0.05) is 43.4 Å². The number of aryl methyl sites for hydroxylation is 1. The van der Waals surface area contributed by atoms with E-state index in [4.69, 9.17) is 6.57 Å². The second-order valence-corrected chi connectivity index (χ2v) is 11.1. The molecule has 0 atom stereocenters. The summed E-state index contributed by atoms with van der Waals surface area (Å²) in [6.07, 6.45) is -7.56. The molecule has 0 fully saturated rings. The van der Waals surface area contributed by atoms with Crippen molar-refractivity contribution in [2.24, 2.45) is 10.1 Å². The fraction of sp³-hybridized carbons (Fsp3) is 0.0811. The van der Waals surface area contributed by atoms with Gasteiger partial charge in [-0.15, -0.1) is 4.95 Å². The van der Waals surface area contributed by atoms with Gasteiger partial charge in [0.25, 0.3) is 0 Å². The maximum absolute atomic E-state index is 14.0. The Balaban J connectivity index is 1.87. The molecule has 0 unspecified atom stereocenters. The molecule has 0 radical (unpaired) electrons. The highest BCUT2D eigenvalue weighted by atomic mass is 19.4. The summed E-state index contributed by atoms with van der Waals surface area (Å²) in [5.74, 6) is 0. The lowest BCUT2D eigenvalue weighted by Gasteiger charge is -2.15. The lowest BCUT2D eigenvalue weighted by molar-refractivity contribution is -0.138. The number of hydrogen-bond acceptors (Lipinski definition) is 3. The molecule has 0 aliphatic rings. The van der Waals surface area contributed by atoms with Crippen molar-refractivity contribution in [2.75, 3.05) is 0 Å². The summed E-state index contributed by atoms with van der Waals surface area (Å²) in [4.78, 5) is 7.41. The molecular formula is C37H18F6N4. The van der Waals surface area contributed by atoms with Gasteiger partial charge in [-0.2, -0.15) is 43.2 Å². The van der Waals surface area contributed by atoms with E-state index in [2.05, 4.69) is 15.0 Å². The number of halogens is 6. The molecule has 0 heterocycles. The number of nitrogens with zero attached hydrogens (tertiary/aromatic N) is 4. The number of nitriles is 1. The van der Waals surface area contributed by atoms with Crippen molar-refractivity contribution in [1.82, 2.24) is 0 Å². The summed E-state index contributed by atoms with van der Waals surface area (Å²) in [6.45, 7) is 9.56. The molecule has 0 aliphatic carbocycles. The number of rotatable bonds is 2.